The highest BCUT2D eigenvalue weighted by atomic mass is 35.5. The van der Waals surface area contributed by atoms with E-state index in [1.54, 1.807) is 11.8 Å². The van der Waals surface area contributed by atoms with Crippen LogP contribution in [-0.4, -0.2) is 27.8 Å². The summed E-state index contributed by atoms with van der Waals surface area (Å²) in [4.78, 5) is 0. The Kier molecular flexibility index (Phi) is 8.07. The van der Waals surface area contributed by atoms with Crippen molar-refractivity contribution in [1.82, 2.24) is 9.78 Å². The van der Waals surface area contributed by atoms with Gasteiger partial charge in [-0.3, -0.25) is 4.68 Å². The van der Waals surface area contributed by atoms with Gasteiger partial charge in [0, 0.05) is 18.0 Å². The smallest absolute Gasteiger partial charge is 0.258 e. The van der Waals surface area contributed by atoms with E-state index >= 15 is 0 Å². The van der Waals surface area contributed by atoms with E-state index in [-0.39, 0.29) is 0 Å². The Morgan fingerprint density at radius 2 is 2.05 bits per heavy atom. The Morgan fingerprint density at radius 3 is 2.52 bits per heavy atom. The van der Waals surface area contributed by atoms with Gasteiger partial charge < -0.3 is 9.05 Å². The lowest BCUT2D eigenvalue weighted by Gasteiger charge is -2.19. The summed E-state index contributed by atoms with van der Waals surface area (Å²) in [5, 5.41) is 6.40. The number of hydrogen-bond acceptors (Lipinski definition) is 5. The van der Waals surface area contributed by atoms with Gasteiger partial charge in [-0.25, -0.2) is 0 Å². The number of aryl methyl sites for hydroxylation is 1. The van der Waals surface area contributed by atoms with Gasteiger partial charge in [0.2, 0.25) is 6.49 Å². The van der Waals surface area contributed by atoms with Crippen molar-refractivity contribution in [3.63, 3.8) is 0 Å². The van der Waals surface area contributed by atoms with Gasteiger partial charge in [0.05, 0.1) is 6.61 Å². The molecule has 122 valence electrons. The Bertz CT molecular complexity index is 509. The molecule has 8 heteroatoms. The van der Waals surface area contributed by atoms with E-state index in [4.69, 9.17) is 32.5 Å². The second kappa shape index (κ2) is 8.78. The molecular formula is C13H24ClN2O2PS2. The Balaban J connectivity index is 3.10. The van der Waals surface area contributed by atoms with Crippen molar-refractivity contribution in [2.45, 2.75) is 57.9 Å². The fourth-order valence-corrected chi connectivity index (χ4v) is 4.60. The third kappa shape index (κ3) is 5.43. The van der Waals surface area contributed by atoms with Gasteiger partial charge in [0.25, 0.3) is 5.88 Å². The van der Waals surface area contributed by atoms with Crippen LogP contribution in [0.2, 0.25) is 5.02 Å². The fourth-order valence-electron chi connectivity index (χ4n) is 1.67. The third-order valence-electron chi connectivity index (χ3n) is 2.54. The maximum Gasteiger partial charge on any atom is 0.258 e. The summed E-state index contributed by atoms with van der Waals surface area (Å²) in [6, 6.07) is 0. The molecule has 0 spiro atoms. The first-order valence-electron chi connectivity index (χ1n) is 7.23. The first-order valence-corrected chi connectivity index (χ1v) is 11.3. The summed E-state index contributed by atoms with van der Waals surface area (Å²) in [5.74, 6) is 0.409. The molecule has 0 aliphatic heterocycles. The van der Waals surface area contributed by atoms with E-state index in [9.17, 15) is 0 Å². The highest BCUT2D eigenvalue weighted by Crippen LogP contribution is 2.50. The largest absolute Gasteiger partial charge is 0.422 e. The van der Waals surface area contributed by atoms with Crippen molar-refractivity contribution in [1.29, 1.82) is 0 Å². The molecule has 1 aromatic rings. The molecule has 4 nitrogen and oxygen atoms in total. The Hall–Kier alpha value is 0.260. The Labute approximate surface area is 142 Å². The molecule has 0 radical (unpaired) electrons. The number of thioether (sulfide) groups is 1. The molecule has 0 amide bonds. The lowest BCUT2D eigenvalue weighted by Crippen LogP contribution is -2.03. The molecule has 1 unspecified atom stereocenters. The standard InChI is InChI=1S/C13H24ClN2O2PS2/c1-6-9-16-13(21-10(4)5)11(14)12(15-16)18-19(20,8-3)17-7-2/h10H,6-9H2,1-5H3. The van der Waals surface area contributed by atoms with Crippen LogP contribution < -0.4 is 4.52 Å². The molecule has 21 heavy (non-hydrogen) atoms. The number of rotatable bonds is 9. The molecule has 0 aromatic carbocycles. The zero-order valence-corrected chi connectivity index (χ0v) is 16.5. The second-order valence-corrected chi connectivity index (χ2v) is 10.7. The molecule has 0 saturated heterocycles. The quantitative estimate of drug-likeness (QED) is 0.441. The lowest BCUT2D eigenvalue weighted by molar-refractivity contribution is 0.328. The van der Waals surface area contributed by atoms with Crippen molar-refractivity contribution in [3.05, 3.63) is 5.02 Å². The number of halogens is 1. The van der Waals surface area contributed by atoms with Crippen molar-refractivity contribution in [2.75, 3.05) is 12.8 Å². The van der Waals surface area contributed by atoms with E-state index in [0.29, 0.717) is 28.9 Å². The van der Waals surface area contributed by atoms with Crippen molar-refractivity contribution in [3.8, 4) is 5.88 Å². The molecule has 0 aliphatic rings. The first kappa shape index (κ1) is 19.3. The van der Waals surface area contributed by atoms with Gasteiger partial charge in [0.1, 0.15) is 10.0 Å². The van der Waals surface area contributed by atoms with Crippen LogP contribution in [0.15, 0.2) is 5.03 Å². The molecule has 0 saturated carbocycles. The monoisotopic (exact) mass is 370 g/mol. The van der Waals surface area contributed by atoms with Crippen molar-refractivity contribution in [2.24, 2.45) is 0 Å². The summed E-state index contributed by atoms with van der Waals surface area (Å²) in [7, 11) is 0. The van der Waals surface area contributed by atoms with Gasteiger partial charge >= 0.3 is 0 Å². The molecule has 1 aromatic heterocycles. The molecule has 1 atom stereocenters. The molecule has 0 aliphatic carbocycles. The van der Waals surface area contributed by atoms with Gasteiger partial charge in [-0.05, 0) is 25.2 Å². The van der Waals surface area contributed by atoms with Crippen molar-refractivity contribution < 1.29 is 9.05 Å². The minimum Gasteiger partial charge on any atom is -0.422 e. The number of hydrogen-bond donors (Lipinski definition) is 0. The van der Waals surface area contributed by atoms with Crippen LogP contribution in [0.3, 0.4) is 0 Å². The Morgan fingerprint density at radius 1 is 1.38 bits per heavy atom. The second-order valence-electron chi connectivity index (χ2n) is 4.75. The molecule has 0 bridgehead atoms. The van der Waals surface area contributed by atoms with Crippen LogP contribution in [0.4, 0.5) is 0 Å². The lowest BCUT2D eigenvalue weighted by atomic mass is 10.5. The third-order valence-corrected chi connectivity index (χ3v) is 7.30. The highest BCUT2D eigenvalue weighted by molar-refractivity contribution is 8.10. The zero-order valence-electron chi connectivity index (χ0n) is 13.3. The van der Waals surface area contributed by atoms with Gasteiger partial charge in [-0.1, -0.05) is 39.3 Å². The van der Waals surface area contributed by atoms with Crippen LogP contribution in [0, 0.1) is 0 Å². The topological polar surface area (TPSA) is 36.3 Å². The zero-order chi connectivity index (χ0) is 16.0. The summed E-state index contributed by atoms with van der Waals surface area (Å²) in [6.45, 7) is 9.24. The summed E-state index contributed by atoms with van der Waals surface area (Å²) < 4.78 is 13.4. The predicted octanol–water partition coefficient (Wildman–Crippen LogP) is 5.19. The average Bonchev–Trinajstić information content (AvgIpc) is 2.68. The van der Waals surface area contributed by atoms with E-state index in [2.05, 4.69) is 25.9 Å². The minimum atomic E-state index is -2.34. The van der Waals surface area contributed by atoms with Crippen LogP contribution in [-0.2, 0) is 22.9 Å². The van der Waals surface area contributed by atoms with Crippen LogP contribution in [0.1, 0.15) is 41.0 Å². The SMILES string of the molecule is CCCn1nc(OP(=S)(CC)OCC)c(Cl)c1SC(C)C. The van der Waals surface area contributed by atoms with E-state index < -0.39 is 6.49 Å². The maximum absolute atomic E-state index is 6.46. The van der Waals surface area contributed by atoms with Gasteiger partial charge in [-0.15, -0.1) is 16.9 Å². The maximum atomic E-state index is 6.46. The van der Waals surface area contributed by atoms with Crippen molar-refractivity contribution >= 4 is 41.7 Å². The van der Waals surface area contributed by atoms with E-state index in [1.165, 1.54) is 0 Å². The summed E-state index contributed by atoms with van der Waals surface area (Å²) >= 11 is 13.6. The van der Waals surface area contributed by atoms with E-state index in [1.807, 2.05) is 18.5 Å². The highest BCUT2D eigenvalue weighted by Gasteiger charge is 2.25. The van der Waals surface area contributed by atoms with Gasteiger partial charge in [0.15, 0.2) is 0 Å². The van der Waals surface area contributed by atoms with E-state index in [0.717, 1.165) is 18.0 Å². The van der Waals surface area contributed by atoms with Crippen LogP contribution in [0.25, 0.3) is 0 Å². The van der Waals surface area contributed by atoms with Gasteiger partial charge in [-0.2, -0.15) is 0 Å². The minimum absolute atomic E-state index is 0.409. The molecule has 1 heterocycles. The van der Waals surface area contributed by atoms with Crippen LogP contribution in [0.5, 0.6) is 5.88 Å². The molecule has 0 fully saturated rings. The normalized spacial score (nSPS) is 14.4. The fraction of sp³-hybridized carbons (Fsp3) is 0.769. The first-order chi connectivity index (χ1) is 9.86. The summed E-state index contributed by atoms with van der Waals surface area (Å²) in [5.41, 5.74) is 0. The van der Waals surface area contributed by atoms with Crippen LogP contribution >= 0.6 is 29.9 Å². The average molecular weight is 371 g/mol. The molecule has 1 rings (SSSR count). The summed E-state index contributed by atoms with van der Waals surface area (Å²) in [6.07, 6.45) is 1.64. The predicted molar refractivity (Wildman–Crippen MR) is 95.6 cm³/mol. The number of aromatic nitrogens is 2. The number of nitrogens with zero attached hydrogens (tertiary/aromatic N) is 2. The molecule has 0 N–H and O–H groups in total. The molecular weight excluding hydrogens is 347 g/mol.